The molecule has 0 unspecified atom stereocenters. The number of amides is 2. The highest BCUT2D eigenvalue weighted by atomic mass is 16.5. The van der Waals surface area contributed by atoms with Crippen molar-refractivity contribution in [3.63, 3.8) is 0 Å². The summed E-state index contributed by atoms with van der Waals surface area (Å²) in [4.78, 5) is 13.7. The van der Waals surface area contributed by atoms with Crippen LogP contribution in [0.5, 0.6) is 0 Å². The molecule has 0 aromatic heterocycles. The summed E-state index contributed by atoms with van der Waals surface area (Å²) in [6.07, 6.45) is 4.73. The first-order chi connectivity index (χ1) is 7.09. The molecule has 2 amide bonds. The highest BCUT2D eigenvalue weighted by molar-refractivity contribution is 5.75. The summed E-state index contributed by atoms with van der Waals surface area (Å²) in [6.45, 7) is 5.12. The predicted molar refractivity (Wildman–Crippen MR) is 57.5 cm³/mol. The van der Waals surface area contributed by atoms with Gasteiger partial charge < -0.3 is 10.1 Å². The smallest absolute Gasteiger partial charge is 0.319 e. The maximum atomic E-state index is 12.0. The maximum absolute atomic E-state index is 12.0. The summed E-state index contributed by atoms with van der Waals surface area (Å²) >= 11 is 0. The molecule has 2 aliphatic rings. The molecule has 0 aromatic rings. The molecule has 1 heterocycles. The van der Waals surface area contributed by atoms with Gasteiger partial charge in [0.2, 0.25) is 0 Å². The third kappa shape index (κ3) is 2.25. The number of nitrogens with zero attached hydrogens (tertiary/aromatic N) is 1. The third-order valence-electron chi connectivity index (χ3n) is 3.33. The zero-order chi connectivity index (χ0) is 10.9. The first kappa shape index (κ1) is 10.7. The summed E-state index contributed by atoms with van der Waals surface area (Å²) in [5, 5.41) is 3.08. The van der Waals surface area contributed by atoms with Crippen LogP contribution in [-0.4, -0.2) is 35.8 Å². The normalized spacial score (nSPS) is 25.9. The van der Waals surface area contributed by atoms with Crippen LogP contribution in [0.15, 0.2) is 0 Å². The van der Waals surface area contributed by atoms with Crippen molar-refractivity contribution in [2.75, 3.05) is 13.3 Å². The van der Waals surface area contributed by atoms with Gasteiger partial charge in [-0.2, -0.15) is 0 Å². The SMILES string of the molecule is CC1(C)COCN1C(=O)NC1CCCC1. The molecule has 1 saturated carbocycles. The minimum absolute atomic E-state index is 0.0319. The van der Waals surface area contributed by atoms with Crippen LogP contribution in [0, 0.1) is 0 Å². The number of hydrogen-bond donors (Lipinski definition) is 1. The van der Waals surface area contributed by atoms with Gasteiger partial charge >= 0.3 is 6.03 Å². The van der Waals surface area contributed by atoms with E-state index in [0.29, 0.717) is 19.4 Å². The first-order valence-electron chi connectivity index (χ1n) is 5.75. The standard InChI is InChI=1S/C11H20N2O2/c1-11(2)7-15-8-13(11)10(14)12-9-5-3-4-6-9/h9H,3-8H2,1-2H3,(H,12,14). The van der Waals surface area contributed by atoms with E-state index in [4.69, 9.17) is 4.74 Å². The monoisotopic (exact) mass is 212 g/mol. The molecular weight excluding hydrogens is 192 g/mol. The fraction of sp³-hybridized carbons (Fsp3) is 0.909. The lowest BCUT2D eigenvalue weighted by atomic mass is 10.1. The number of carbonyl (C=O) groups excluding carboxylic acids is 1. The van der Waals surface area contributed by atoms with E-state index in [2.05, 4.69) is 5.32 Å². The van der Waals surface area contributed by atoms with Crippen LogP contribution in [-0.2, 0) is 4.74 Å². The van der Waals surface area contributed by atoms with Gasteiger partial charge in [-0.3, -0.25) is 4.90 Å². The Labute approximate surface area is 91.0 Å². The fourth-order valence-electron chi connectivity index (χ4n) is 2.30. The number of hydrogen-bond acceptors (Lipinski definition) is 2. The van der Waals surface area contributed by atoms with Crippen molar-refractivity contribution in [2.24, 2.45) is 0 Å². The lowest BCUT2D eigenvalue weighted by molar-refractivity contribution is 0.137. The lowest BCUT2D eigenvalue weighted by Crippen LogP contribution is -2.51. The quantitative estimate of drug-likeness (QED) is 0.719. The van der Waals surface area contributed by atoms with Crippen LogP contribution in [0.25, 0.3) is 0 Å². The second-order valence-corrected chi connectivity index (χ2v) is 5.15. The van der Waals surface area contributed by atoms with Gasteiger partial charge in [0, 0.05) is 6.04 Å². The molecule has 0 spiro atoms. The van der Waals surface area contributed by atoms with Crippen molar-refractivity contribution >= 4 is 6.03 Å². The van der Waals surface area contributed by atoms with E-state index in [0.717, 1.165) is 12.8 Å². The summed E-state index contributed by atoms with van der Waals surface area (Å²) in [5.41, 5.74) is -0.164. The molecule has 0 bridgehead atoms. The Morgan fingerprint density at radius 2 is 2.07 bits per heavy atom. The molecule has 86 valence electrons. The topological polar surface area (TPSA) is 41.6 Å². The van der Waals surface area contributed by atoms with E-state index >= 15 is 0 Å². The van der Waals surface area contributed by atoms with Crippen molar-refractivity contribution in [1.29, 1.82) is 0 Å². The Kier molecular flexibility index (Phi) is 2.87. The Morgan fingerprint density at radius 1 is 1.40 bits per heavy atom. The highest BCUT2D eigenvalue weighted by Crippen LogP contribution is 2.23. The Balaban J connectivity index is 1.89. The summed E-state index contributed by atoms with van der Waals surface area (Å²) < 4.78 is 5.32. The molecule has 1 aliphatic heterocycles. The Bertz CT molecular complexity index is 247. The molecule has 0 aromatic carbocycles. The average molecular weight is 212 g/mol. The van der Waals surface area contributed by atoms with Crippen molar-refractivity contribution in [1.82, 2.24) is 10.2 Å². The molecule has 1 N–H and O–H groups in total. The second-order valence-electron chi connectivity index (χ2n) is 5.15. The molecule has 15 heavy (non-hydrogen) atoms. The number of ether oxygens (including phenoxy) is 1. The zero-order valence-electron chi connectivity index (χ0n) is 9.58. The van der Waals surface area contributed by atoms with Crippen molar-refractivity contribution in [3.8, 4) is 0 Å². The van der Waals surface area contributed by atoms with Gasteiger partial charge in [-0.1, -0.05) is 12.8 Å². The third-order valence-corrected chi connectivity index (χ3v) is 3.33. The van der Waals surface area contributed by atoms with Crippen LogP contribution in [0.3, 0.4) is 0 Å². The lowest BCUT2D eigenvalue weighted by Gasteiger charge is -2.30. The second kappa shape index (κ2) is 4.00. The fourth-order valence-corrected chi connectivity index (χ4v) is 2.30. The van der Waals surface area contributed by atoms with Crippen molar-refractivity contribution in [2.45, 2.75) is 51.1 Å². The van der Waals surface area contributed by atoms with Gasteiger partial charge in [0.1, 0.15) is 6.73 Å². The van der Waals surface area contributed by atoms with E-state index in [9.17, 15) is 4.79 Å². The molecule has 2 fully saturated rings. The van der Waals surface area contributed by atoms with Gasteiger partial charge in [0.05, 0.1) is 12.1 Å². The number of carbonyl (C=O) groups is 1. The van der Waals surface area contributed by atoms with E-state index < -0.39 is 0 Å². The molecule has 1 saturated heterocycles. The minimum Gasteiger partial charge on any atom is -0.359 e. The Hall–Kier alpha value is -0.770. The van der Waals surface area contributed by atoms with Gasteiger partial charge in [-0.05, 0) is 26.7 Å². The number of urea groups is 1. The molecule has 4 nitrogen and oxygen atoms in total. The highest BCUT2D eigenvalue weighted by Gasteiger charge is 2.37. The van der Waals surface area contributed by atoms with Gasteiger partial charge in [0.25, 0.3) is 0 Å². The molecular formula is C11H20N2O2. The summed E-state index contributed by atoms with van der Waals surface area (Å²) in [5.74, 6) is 0. The average Bonchev–Trinajstić information content (AvgIpc) is 2.73. The van der Waals surface area contributed by atoms with Gasteiger partial charge in [0.15, 0.2) is 0 Å². The Morgan fingerprint density at radius 3 is 2.60 bits per heavy atom. The van der Waals surface area contributed by atoms with E-state index in [1.165, 1.54) is 12.8 Å². The van der Waals surface area contributed by atoms with Crippen molar-refractivity contribution < 1.29 is 9.53 Å². The van der Waals surface area contributed by atoms with Crippen LogP contribution < -0.4 is 5.32 Å². The van der Waals surface area contributed by atoms with Crippen LogP contribution in [0.2, 0.25) is 0 Å². The molecule has 1 aliphatic carbocycles. The largest absolute Gasteiger partial charge is 0.359 e. The molecule has 2 rings (SSSR count). The van der Waals surface area contributed by atoms with E-state index in [1.807, 2.05) is 13.8 Å². The van der Waals surface area contributed by atoms with Crippen LogP contribution >= 0.6 is 0 Å². The minimum atomic E-state index is -0.164. The van der Waals surface area contributed by atoms with Gasteiger partial charge in [-0.25, -0.2) is 4.79 Å². The molecule has 0 atom stereocenters. The van der Waals surface area contributed by atoms with Crippen molar-refractivity contribution in [3.05, 3.63) is 0 Å². The number of nitrogens with one attached hydrogen (secondary N) is 1. The van der Waals surface area contributed by atoms with E-state index in [-0.39, 0.29) is 11.6 Å². The van der Waals surface area contributed by atoms with Crippen LogP contribution in [0.1, 0.15) is 39.5 Å². The predicted octanol–water partition coefficient (Wildman–Crippen LogP) is 1.71. The first-order valence-corrected chi connectivity index (χ1v) is 5.75. The van der Waals surface area contributed by atoms with Gasteiger partial charge in [-0.15, -0.1) is 0 Å². The summed E-state index contributed by atoms with van der Waals surface area (Å²) in [6, 6.07) is 0.415. The zero-order valence-corrected chi connectivity index (χ0v) is 9.58. The number of rotatable bonds is 1. The molecule has 0 radical (unpaired) electrons. The maximum Gasteiger partial charge on any atom is 0.319 e. The molecule has 4 heteroatoms. The van der Waals surface area contributed by atoms with Crippen LogP contribution in [0.4, 0.5) is 4.79 Å². The summed E-state index contributed by atoms with van der Waals surface area (Å²) in [7, 11) is 0. The van der Waals surface area contributed by atoms with E-state index in [1.54, 1.807) is 4.90 Å².